The first-order valence-electron chi connectivity index (χ1n) is 6.27. The Bertz CT molecular complexity index is 312. The van der Waals surface area contributed by atoms with Crippen molar-refractivity contribution >= 4 is 15.9 Å². The summed E-state index contributed by atoms with van der Waals surface area (Å²) in [4.78, 5) is 2.59. The van der Waals surface area contributed by atoms with Crippen molar-refractivity contribution in [2.75, 3.05) is 19.6 Å². The van der Waals surface area contributed by atoms with Crippen molar-refractivity contribution in [2.24, 2.45) is 0 Å². The minimum absolute atomic E-state index is 0.779. The summed E-state index contributed by atoms with van der Waals surface area (Å²) in [6.45, 7) is 6.08. The van der Waals surface area contributed by atoms with Gasteiger partial charge in [-0.2, -0.15) is 0 Å². The second-order valence-electron chi connectivity index (χ2n) is 4.67. The number of likely N-dealkylation sites (tertiary alicyclic amines) is 1. The topological polar surface area (TPSA) is 3.24 Å². The summed E-state index contributed by atoms with van der Waals surface area (Å²) in [5.41, 5.74) is 1.51. The van der Waals surface area contributed by atoms with Gasteiger partial charge < -0.3 is 4.90 Å². The zero-order valence-electron chi connectivity index (χ0n) is 9.95. The summed E-state index contributed by atoms with van der Waals surface area (Å²) in [7, 11) is 0. The maximum absolute atomic E-state index is 3.49. The fraction of sp³-hybridized carbons (Fsp3) is 0.571. The first-order chi connectivity index (χ1) is 7.79. The molecule has 1 heterocycles. The summed E-state index contributed by atoms with van der Waals surface area (Å²) in [6.07, 6.45) is 3.92. The Labute approximate surface area is 107 Å². The second-order valence-corrected chi connectivity index (χ2v) is 5.58. The third-order valence-electron chi connectivity index (χ3n) is 3.47. The number of rotatable bonds is 3. The molecular weight excluding hydrogens is 262 g/mol. The number of benzene rings is 1. The minimum atomic E-state index is 0.779. The summed E-state index contributed by atoms with van der Waals surface area (Å²) in [5, 5.41) is 0. The van der Waals surface area contributed by atoms with Gasteiger partial charge >= 0.3 is 0 Å². The largest absolute Gasteiger partial charge is 0.303 e. The van der Waals surface area contributed by atoms with Crippen molar-refractivity contribution in [3.63, 3.8) is 0 Å². The Balaban J connectivity index is 1.91. The maximum atomic E-state index is 3.49. The van der Waals surface area contributed by atoms with E-state index in [1.165, 1.54) is 48.9 Å². The quantitative estimate of drug-likeness (QED) is 0.808. The zero-order chi connectivity index (χ0) is 11.4. The van der Waals surface area contributed by atoms with Crippen LogP contribution < -0.4 is 0 Å². The lowest BCUT2D eigenvalue weighted by molar-refractivity contribution is 0.213. The molecule has 1 saturated heterocycles. The molecule has 1 aromatic rings. The summed E-state index contributed by atoms with van der Waals surface area (Å²) >= 11 is 3.49. The molecule has 1 nitrogen and oxygen atoms in total. The lowest BCUT2D eigenvalue weighted by Gasteiger charge is -2.31. The molecule has 16 heavy (non-hydrogen) atoms. The highest BCUT2D eigenvalue weighted by molar-refractivity contribution is 9.10. The Kier molecular flexibility index (Phi) is 4.42. The van der Waals surface area contributed by atoms with E-state index < -0.39 is 0 Å². The lowest BCUT2D eigenvalue weighted by atomic mass is 9.89. The number of hydrogen-bond donors (Lipinski definition) is 0. The molecule has 2 rings (SSSR count). The minimum Gasteiger partial charge on any atom is -0.303 e. The third kappa shape index (κ3) is 3.08. The molecule has 0 radical (unpaired) electrons. The monoisotopic (exact) mass is 281 g/mol. The lowest BCUT2D eigenvalue weighted by Crippen LogP contribution is -2.33. The molecule has 1 aliphatic heterocycles. The van der Waals surface area contributed by atoms with Crippen LogP contribution in [0.5, 0.6) is 0 Å². The van der Waals surface area contributed by atoms with E-state index in [4.69, 9.17) is 0 Å². The van der Waals surface area contributed by atoms with Crippen LogP contribution in [-0.2, 0) is 0 Å². The Morgan fingerprint density at radius 1 is 1.19 bits per heavy atom. The first-order valence-corrected chi connectivity index (χ1v) is 7.06. The SMILES string of the molecule is CCCN1CCC(c2ccc(Br)cc2)CC1. The predicted octanol–water partition coefficient (Wildman–Crippen LogP) is 4.04. The molecule has 0 spiro atoms. The van der Waals surface area contributed by atoms with Gasteiger partial charge in [-0.15, -0.1) is 0 Å². The second kappa shape index (κ2) is 5.83. The van der Waals surface area contributed by atoms with Crippen LogP contribution >= 0.6 is 15.9 Å². The number of piperidine rings is 1. The molecule has 1 aliphatic rings. The van der Waals surface area contributed by atoms with Gasteiger partial charge in [0.25, 0.3) is 0 Å². The van der Waals surface area contributed by atoms with Crippen molar-refractivity contribution < 1.29 is 0 Å². The molecule has 88 valence electrons. The molecule has 0 aliphatic carbocycles. The maximum Gasteiger partial charge on any atom is 0.0175 e. The fourth-order valence-electron chi connectivity index (χ4n) is 2.54. The van der Waals surface area contributed by atoms with Gasteiger partial charge in [0.15, 0.2) is 0 Å². The van der Waals surface area contributed by atoms with E-state index >= 15 is 0 Å². The van der Waals surface area contributed by atoms with Crippen LogP contribution in [0.25, 0.3) is 0 Å². The van der Waals surface area contributed by atoms with E-state index in [0.717, 1.165) is 5.92 Å². The number of nitrogens with zero attached hydrogens (tertiary/aromatic N) is 1. The Hall–Kier alpha value is -0.340. The smallest absolute Gasteiger partial charge is 0.0175 e. The first kappa shape index (κ1) is 12.1. The van der Waals surface area contributed by atoms with Gasteiger partial charge in [-0.1, -0.05) is 35.0 Å². The van der Waals surface area contributed by atoms with Crippen molar-refractivity contribution in [3.05, 3.63) is 34.3 Å². The van der Waals surface area contributed by atoms with Gasteiger partial charge in [0.1, 0.15) is 0 Å². The standard InChI is InChI=1S/C14H20BrN/c1-2-9-16-10-7-13(8-11-16)12-3-5-14(15)6-4-12/h3-6,13H,2,7-11H2,1H3. The van der Waals surface area contributed by atoms with Crippen LogP contribution in [-0.4, -0.2) is 24.5 Å². The van der Waals surface area contributed by atoms with Gasteiger partial charge in [0.05, 0.1) is 0 Å². The summed E-state index contributed by atoms with van der Waals surface area (Å²) in [6, 6.07) is 8.86. The molecule has 0 N–H and O–H groups in total. The van der Waals surface area contributed by atoms with Crippen LogP contribution in [0.3, 0.4) is 0 Å². The van der Waals surface area contributed by atoms with Gasteiger partial charge in [0.2, 0.25) is 0 Å². The highest BCUT2D eigenvalue weighted by Crippen LogP contribution is 2.28. The van der Waals surface area contributed by atoms with Crippen LogP contribution in [0.2, 0.25) is 0 Å². The Morgan fingerprint density at radius 2 is 1.81 bits per heavy atom. The van der Waals surface area contributed by atoms with E-state index in [1.807, 2.05) is 0 Å². The zero-order valence-corrected chi connectivity index (χ0v) is 11.5. The Morgan fingerprint density at radius 3 is 2.38 bits per heavy atom. The van der Waals surface area contributed by atoms with E-state index in [1.54, 1.807) is 0 Å². The average Bonchev–Trinajstić information content (AvgIpc) is 2.32. The molecule has 0 aromatic heterocycles. The van der Waals surface area contributed by atoms with Crippen LogP contribution in [0.15, 0.2) is 28.7 Å². The molecule has 1 fully saturated rings. The van der Waals surface area contributed by atoms with E-state index in [0.29, 0.717) is 0 Å². The van der Waals surface area contributed by atoms with Gasteiger partial charge in [-0.05, 0) is 62.5 Å². The van der Waals surface area contributed by atoms with Gasteiger partial charge in [-0.3, -0.25) is 0 Å². The van der Waals surface area contributed by atoms with Crippen molar-refractivity contribution in [3.8, 4) is 0 Å². The van der Waals surface area contributed by atoms with Gasteiger partial charge in [-0.25, -0.2) is 0 Å². The van der Waals surface area contributed by atoms with E-state index in [-0.39, 0.29) is 0 Å². The van der Waals surface area contributed by atoms with E-state index in [9.17, 15) is 0 Å². The molecule has 0 atom stereocenters. The van der Waals surface area contributed by atoms with Gasteiger partial charge in [0, 0.05) is 4.47 Å². The molecule has 0 amide bonds. The van der Waals surface area contributed by atoms with Crippen molar-refractivity contribution in [1.82, 2.24) is 4.90 Å². The number of hydrogen-bond acceptors (Lipinski definition) is 1. The number of halogens is 1. The molecular formula is C14H20BrN. The highest BCUT2D eigenvalue weighted by Gasteiger charge is 2.19. The molecule has 2 heteroatoms. The average molecular weight is 282 g/mol. The van der Waals surface area contributed by atoms with Crippen LogP contribution in [0, 0.1) is 0 Å². The molecule has 0 bridgehead atoms. The molecule has 0 saturated carbocycles. The molecule has 1 aromatic carbocycles. The highest BCUT2D eigenvalue weighted by atomic mass is 79.9. The fourth-order valence-corrected chi connectivity index (χ4v) is 2.81. The normalized spacial score (nSPS) is 18.9. The van der Waals surface area contributed by atoms with Crippen molar-refractivity contribution in [1.29, 1.82) is 0 Å². The summed E-state index contributed by atoms with van der Waals surface area (Å²) in [5.74, 6) is 0.779. The van der Waals surface area contributed by atoms with Crippen molar-refractivity contribution in [2.45, 2.75) is 32.1 Å². The predicted molar refractivity (Wildman–Crippen MR) is 72.8 cm³/mol. The molecule has 0 unspecified atom stereocenters. The van der Waals surface area contributed by atoms with Crippen LogP contribution in [0.1, 0.15) is 37.7 Å². The summed E-state index contributed by atoms with van der Waals surface area (Å²) < 4.78 is 1.18. The van der Waals surface area contributed by atoms with E-state index in [2.05, 4.69) is 52.0 Å². The third-order valence-corrected chi connectivity index (χ3v) is 4.00. The van der Waals surface area contributed by atoms with Crippen LogP contribution in [0.4, 0.5) is 0 Å².